The normalized spacial score (nSPS) is 31.6. The number of fused-ring (bicyclic) bond motifs is 1. The van der Waals surface area contributed by atoms with E-state index in [9.17, 15) is 9.59 Å². The van der Waals surface area contributed by atoms with E-state index >= 15 is 0 Å². The van der Waals surface area contributed by atoms with Crippen molar-refractivity contribution in [2.75, 3.05) is 0 Å². The molecule has 1 saturated heterocycles. The largest absolute Gasteiger partial charge is 0.460 e. The minimum absolute atomic E-state index is 0.165. The van der Waals surface area contributed by atoms with E-state index < -0.39 is 0 Å². The third-order valence-corrected chi connectivity index (χ3v) is 8.93. The van der Waals surface area contributed by atoms with E-state index in [4.69, 9.17) is 9.31 Å². The molecular formula is C23H35BN4O4. The highest BCUT2D eigenvalue weighted by Crippen LogP contribution is 2.66. The maximum atomic E-state index is 12.8. The first-order valence-electron chi connectivity index (χ1n) is 12.0. The molecule has 4 aliphatic rings. The average molecular weight is 442 g/mol. The maximum absolute atomic E-state index is 12.8. The Morgan fingerprint density at radius 1 is 1.22 bits per heavy atom. The molecule has 0 aromatic carbocycles. The highest BCUT2D eigenvalue weighted by Gasteiger charge is 2.68. The van der Waals surface area contributed by atoms with Crippen LogP contribution in [0.4, 0.5) is 0 Å². The second-order valence-corrected chi connectivity index (χ2v) is 11.1. The van der Waals surface area contributed by atoms with Gasteiger partial charge in [-0.3, -0.25) is 13.9 Å². The first-order valence-corrected chi connectivity index (χ1v) is 12.0. The minimum Gasteiger partial charge on any atom is -0.405 e. The lowest BCUT2D eigenvalue weighted by atomic mass is 9.43. The van der Waals surface area contributed by atoms with Crippen molar-refractivity contribution < 1.29 is 9.31 Å². The van der Waals surface area contributed by atoms with E-state index in [1.165, 1.54) is 15.6 Å². The molecule has 6 rings (SSSR count). The van der Waals surface area contributed by atoms with Crippen molar-refractivity contribution in [1.29, 1.82) is 0 Å². The van der Waals surface area contributed by atoms with Gasteiger partial charge in [0.15, 0.2) is 11.2 Å². The Labute approximate surface area is 189 Å². The van der Waals surface area contributed by atoms with Crippen LogP contribution in [0.3, 0.4) is 0 Å². The molecule has 0 radical (unpaired) electrons. The number of unbranched alkanes of at least 4 members (excludes halogenated alkanes) is 1. The molecule has 9 heteroatoms. The topological polar surface area (TPSA) is 80.3 Å². The van der Waals surface area contributed by atoms with Gasteiger partial charge in [0.1, 0.15) is 0 Å². The quantitative estimate of drug-likeness (QED) is 0.508. The highest BCUT2D eigenvalue weighted by atomic mass is 16.7. The Balaban J connectivity index is 1.20. The number of aryl methyl sites for hydroxylation is 2. The fraction of sp³-hybridized carbons (Fsp3) is 0.783. The lowest BCUT2D eigenvalue weighted by Gasteiger charge is -2.64. The summed E-state index contributed by atoms with van der Waals surface area (Å²) < 4.78 is 17.5. The van der Waals surface area contributed by atoms with Crippen molar-refractivity contribution >= 4 is 18.3 Å². The number of aromatic nitrogens is 4. The smallest absolute Gasteiger partial charge is 0.405 e. The Morgan fingerprint density at radius 2 is 1.97 bits per heavy atom. The molecule has 2 bridgehead atoms. The molecule has 5 atom stereocenters. The summed E-state index contributed by atoms with van der Waals surface area (Å²) in [4.78, 5) is 29.7. The summed E-state index contributed by atoms with van der Waals surface area (Å²) in [5.74, 6) is 1.60. The molecule has 2 aromatic rings. The van der Waals surface area contributed by atoms with Gasteiger partial charge in [-0.15, -0.1) is 0 Å². The van der Waals surface area contributed by atoms with E-state index in [1.807, 2.05) is 0 Å². The standard InChI is InChI=1S/C23H35BN4O4/c1-14(24-31-17-12-15-11-16(22(15,2)3)23(17,4)32-24)9-7-8-10-28-20(29)18-19(25-13-26(18)5)27(6)21(28)30/h13-17H,7-12H2,1-6H3/t14-,15+,16+,17?,23?/m1/s1. The first-order chi connectivity index (χ1) is 15.1. The molecule has 3 heterocycles. The molecule has 2 aromatic heterocycles. The van der Waals surface area contributed by atoms with Crippen LogP contribution in [0.1, 0.15) is 59.8 Å². The molecular weight excluding hydrogens is 407 g/mol. The van der Waals surface area contributed by atoms with E-state index in [0.717, 1.165) is 31.6 Å². The predicted molar refractivity (Wildman–Crippen MR) is 124 cm³/mol. The SMILES string of the molecule is C[C@H](CCCCn1c(=O)c2c(ncn2C)n(C)c1=O)B1OC2C[C@@H]3C[C@H](C2(C)O1)C3(C)C. The van der Waals surface area contributed by atoms with Crippen molar-refractivity contribution in [3.8, 4) is 0 Å². The molecule has 2 unspecified atom stereocenters. The highest BCUT2D eigenvalue weighted by molar-refractivity contribution is 6.47. The van der Waals surface area contributed by atoms with Crippen molar-refractivity contribution in [1.82, 2.24) is 18.7 Å². The lowest BCUT2D eigenvalue weighted by molar-refractivity contribution is -0.199. The van der Waals surface area contributed by atoms with Gasteiger partial charge in [0.25, 0.3) is 5.56 Å². The Hall–Kier alpha value is -1.87. The predicted octanol–water partition coefficient (Wildman–Crippen LogP) is 2.72. The molecule has 174 valence electrons. The lowest BCUT2D eigenvalue weighted by Crippen LogP contribution is -2.65. The number of rotatable bonds is 6. The van der Waals surface area contributed by atoms with E-state index in [1.54, 1.807) is 25.0 Å². The van der Waals surface area contributed by atoms with Crippen LogP contribution in [0, 0.1) is 17.3 Å². The molecule has 8 nitrogen and oxygen atoms in total. The van der Waals surface area contributed by atoms with Crippen molar-refractivity contribution in [3.63, 3.8) is 0 Å². The third kappa shape index (κ3) is 3.00. The second kappa shape index (κ2) is 7.32. The van der Waals surface area contributed by atoms with E-state index in [2.05, 4.69) is 32.7 Å². The van der Waals surface area contributed by atoms with Gasteiger partial charge in [0.05, 0.1) is 18.0 Å². The monoisotopic (exact) mass is 442 g/mol. The zero-order valence-electron chi connectivity index (χ0n) is 20.1. The zero-order chi connectivity index (χ0) is 23.0. The van der Waals surface area contributed by atoms with Crippen LogP contribution < -0.4 is 11.2 Å². The third-order valence-electron chi connectivity index (χ3n) is 8.93. The minimum atomic E-state index is -0.310. The number of hydrogen-bond donors (Lipinski definition) is 0. The van der Waals surface area contributed by atoms with Crippen molar-refractivity contribution in [3.05, 3.63) is 27.2 Å². The summed E-state index contributed by atoms with van der Waals surface area (Å²) in [6.45, 7) is 9.60. The van der Waals surface area contributed by atoms with Crippen LogP contribution in [-0.4, -0.2) is 37.5 Å². The van der Waals surface area contributed by atoms with Crippen LogP contribution in [-0.2, 0) is 29.9 Å². The molecule has 3 aliphatic carbocycles. The number of nitrogens with zero attached hydrogens (tertiary/aromatic N) is 4. The summed E-state index contributed by atoms with van der Waals surface area (Å²) in [5, 5.41) is 0. The van der Waals surface area contributed by atoms with Gasteiger partial charge in [-0.05, 0) is 49.3 Å². The summed E-state index contributed by atoms with van der Waals surface area (Å²) in [7, 11) is 3.27. The van der Waals surface area contributed by atoms with Crippen LogP contribution in [0.5, 0.6) is 0 Å². The van der Waals surface area contributed by atoms with Crippen molar-refractivity contribution in [2.24, 2.45) is 31.3 Å². The van der Waals surface area contributed by atoms with Gasteiger partial charge in [-0.1, -0.05) is 33.6 Å². The Morgan fingerprint density at radius 3 is 2.69 bits per heavy atom. The number of imidazole rings is 1. The second-order valence-electron chi connectivity index (χ2n) is 11.1. The van der Waals surface area contributed by atoms with E-state index in [-0.39, 0.29) is 35.9 Å². The fourth-order valence-electron chi connectivity index (χ4n) is 6.61. The summed E-state index contributed by atoms with van der Waals surface area (Å²) in [6.07, 6.45) is 6.74. The Bertz CT molecular complexity index is 1170. The van der Waals surface area contributed by atoms with Gasteiger partial charge in [-0.25, -0.2) is 9.78 Å². The van der Waals surface area contributed by atoms with E-state index in [0.29, 0.717) is 29.0 Å². The van der Waals surface area contributed by atoms with Gasteiger partial charge in [0, 0.05) is 20.6 Å². The van der Waals surface area contributed by atoms with Gasteiger partial charge < -0.3 is 13.9 Å². The Kier molecular flexibility index (Phi) is 5.02. The number of hydrogen-bond acceptors (Lipinski definition) is 5. The summed E-state index contributed by atoms with van der Waals surface area (Å²) >= 11 is 0. The molecule has 0 amide bonds. The average Bonchev–Trinajstić information content (AvgIpc) is 3.30. The molecule has 0 N–H and O–H groups in total. The van der Waals surface area contributed by atoms with Gasteiger partial charge >= 0.3 is 12.8 Å². The summed E-state index contributed by atoms with van der Waals surface area (Å²) in [5.41, 5.74) is 0.493. The van der Waals surface area contributed by atoms with Crippen molar-refractivity contribution in [2.45, 2.75) is 83.9 Å². The molecule has 3 saturated carbocycles. The van der Waals surface area contributed by atoms with Crippen LogP contribution >= 0.6 is 0 Å². The van der Waals surface area contributed by atoms with Crippen LogP contribution in [0.2, 0.25) is 5.82 Å². The molecule has 32 heavy (non-hydrogen) atoms. The fourth-order valence-corrected chi connectivity index (χ4v) is 6.61. The zero-order valence-corrected chi connectivity index (χ0v) is 20.1. The summed E-state index contributed by atoms with van der Waals surface area (Å²) in [6, 6.07) is 0. The maximum Gasteiger partial charge on any atom is 0.460 e. The molecule has 1 aliphatic heterocycles. The first kappa shape index (κ1) is 22.0. The van der Waals surface area contributed by atoms with Crippen LogP contribution in [0.15, 0.2) is 15.9 Å². The molecule has 4 fully saturated rings. The van der Waals surface area contributed by atoms with Gasteiger partial charge in [0.2, 0.25) is 0 Å². The molecule has 0 spiro atoms. The van der Waals surface area contributed by atoms with Crippen LogP contribution in [0.25, 0.3) is 11.2 Å². The van der Waals surface area contributed by atoms with Gasteiger partial charge in [-0.2, -0.15) is 0 Å².